The van der Waals surface area contributed by atoms with Gasteiger partial charge in [0.15, 0.2) is 17.5 Å². The van der Waals surface area contributed by atoms with E-state index >= 15 is 0 Å². The third kappa shape index (κ3) is 5.37. The minimum absolute atomic E-state index is 0.269. The number of hydrogen-bond donors (Lipinski definition) is 2. The Kier molecular flexibility index (Phi) is 7.26. The standard InChI is InChI=1S/C20H26FN3O2/c1-5-26-18-9-7-15(11-17(18)21)12-23-20(22-3)24-13-16-8-6-14(2)10-19(16)25-4/h6-11H,5,12-13H2,1-4H3,(H2,22,23,24). The van der Waals surface area contributed by atoms with Crippen LogP contribution in [0.15, 0.2) is 41.4 Å². The van der Waals surface area contributed by atoms with Crippen LogP contribution in [0.2, 0.25) is 0 Å². The summed E-state index contributed by atoms with van der Waals surface area (Å²) in [5.74, 6) is 1.37. The molecule has 0 aliphatic heterocycles. The highest BCUT2D eigenvalue weighted by atomic mass is 19.1. The number of benzene rings is 2. The molecule has 2 N–H and O–H groups in total. The molecule has 2 aromatic carbocycles. The van der Waals surface area contributed by atoms with E-state index in [4.69, 9.17) is 9.47 Å². The van der Waals surface area contributed by atoms with Crippen LogP contribution in [0.4, 0.5) is 4.39 Å². The maximum atomic E-state index is 13.9. The normalized spacial score (nSPS) is 11.2. The van der Waals surface area contributed by atoms with Gasteiger partial charge >= 0.3 is 0 Å². The van der Waals surface area contributed by atoms with E-state index in [1.54, 1.807) is 20.2 Å². The van der Waals surface area contributed by atoms with Gasteiger partial charge in [0, 0.05) is 25.7 Å². The molecule has 0 saturated heterocycles. The molecule has 5 nitrogen and oxygen atoms in total. The first-order valence-corrected chi connectivity index (χ1v) is 8.56. The Morgan fingerprint density at radius 1 is 1.08 bits per heavy atom. The zero-order chi connectivity index (χ0) is 18.9. The molecule has 0 fully saturated rings. The van der Waals surface area contributed by atoms with Gasteiger partial charge < -0.3 is 20.1 Å². The van der Waals surface area contributed by atoms with Gasteiger partial charge in [-0.2, -0.15) is 0 Å². The van der Waals surface area contributed by atoms with Crippen LogP contribution in [-0.2, 0) is 13.1 Å². The summed E-state index contributed by atoms with van der Waals surface area (Å²) in [5.41, 5.74) is 2.99. The lowest BCUT2D eigenvalue weighted by Gasteiger charge is -2.14. The lowest BCUT2D eigenvalue weighted by atomic mass is 10.1. The van der Waals surface area contributed by atoms with E-state index in [-0.39, 0.29) is 11.6 Å². The quantitative estimate of drug-likeness (QED) is 0.588. The zero-order valence-electron chi connectivity index (χ0n) is 15.7. The van der Waals surface area contributed by atoms with E-state index in [9.17, 15) is 4.39 Å². The van der Waals surface area contributed by atoms with Crippen LogP contribution in [0.1, 0.15) is 23.6 Å². The number of methoxy groups -OCH3 is 1. The van der Waals surface area contributed by atoms with Crippen molar-refractivity contribution in [2.24, 2.45) is 4.99 Å². The molecule has 0 spiro atoms. The first kappa shape index (κ1) is 19.6. The van der Waals surface area contributed by atoms with Crippen molar-refractivity contribution in [3.63, 3.8) is 0 Å². The largest absolute Gasteiger partial charge is 0.496 e. The first-order valence-electron chi connectivity index (χ1n) is 8.56. The third-order valence-electron chi connectivity index (χ3n) is 3.87. The highest BCUT2D eigenvalue weighted by molar-refractivity contribution is 5.79. The number of nitrogens with one attached hydrogen (secondary N) is 2. The van der Waals surface area contributed by atoms with E-state index < -0.39 is 0 Å². The Labute approximate surface area is 154 Å². The fraction of sp³-hybridized carbons (Fsp3) is 0.350. The lowest BCUT2D eigenvalue weighted by Crippen LogP contribution is -2.36. The number of hydrogen-bond acceptors (Lipinski definition) is 3. The molecule has 0 amide bonds. The van der Waals surface area contributed by atoms with Crippen LogP contribution < -0.4 is 20.1 Å². The molecular formula is C20H26FN3O2. The number of guanidine groups is 1. The second-order valence-corrected chi connectivity index (χ2v) is 5.79. The van der Waals surface area contributed by atoms with E-state index in [2.05, 4.69) is 15.6 Å². The van der Waals surface area contributed by atoms with Gasteiger partial charge in [0.25, 0.3) is 0 Å². The number of ether oxygens (including phenoxy) is 2. The molecule has 0 aromatic heterocycles. The minimum Gasteiger partial charge on any atom is -0.496 e. The number of nitrogens with zero attached hydrogens (tertiary/aromatic N) is 1. The SMILES string of the molecule is CCOc1ccc(CNC(=NC)NCc2ccc(C)cc2OC)cc1F. The molecule has 0 atom stereocenters. The van der Waals surface area contributed by atoms with Gasteiger partial charge in [-0.3, -0.25) is 4.99 Å². The fourth-order valence-electron chi connectivity index (χ4n) is 2.51. The van der Waals surface area contributed by atoms with Crippen molar-refractivity contribution in [1.29, 1.82) is 0 Å². The van der Waals surface area contributed by atoms with Gasteiger partial charge in [0.2, 0.25) is 0 Å². The van der Waals surface area contributed by atoms with Gasteiger partial charge in [0.05, 0.1) is 13.7 Å². The van der Waals surface area contributed by atoms with E-state index in [1.807, 2.05) is 38.1 Å². The zero-order valence-corrected chi connectivity index (χ0v) is 15.7. The summed E-state index contributed by atoms with van der Waals surface area (Å²) >= 11 is 0. The Morgan fingerprint density at radius 3 is 2.50 bits per heavy atom. The van der Waals surface area contributed by atoms with Crippen LogP contribution in [-0.4, -0.2) is 26.7 Å². The summed E-state index contributed by atoms with van der Waals surface area (Å²) in [7, 11) is 3.35. The summed E-state index contributed by atoms with van der Waals surface area (Å²) in [6.07, 6.45) is 0. The lowest BCUT2D eigenvalue weighted by molar-refractivity contribution is 0.321. The Morgan fingerprint density at radius 2 is 1.85 bits per heavy atom. The number of aryl methyl sites for hydroxylation is 1. The van der Waals surface area contributed by atoms with E-state index in [0.717, 1.165) is 22.4 Å². The first-order chi connectivity index (χ1) is 12.6. The van der Waals surface area contributed by atoms with Crippen LogP contribution in [0.25, 0.3) is 0 Å². The van der Waals surface area contributed by atoms with Crippen molar-refractivity contribution >= 4 is 5.96 Å². The molecule has 0 aliphatic rings. The van der Waals surface area contributed by atoms with Crippen LogP contribution in [0.3, 0.4) is 0 Å². The topological polar surface area (TPSA) is 54.9 Å². The molecular weight excluding hydrogens is 333 g/mol. The molecule has 26 heavy (non-hydrogen) atoms. The van der Waals surface area contributed by atoms with Crippen molar-refractivity contribution in [3.8, 4) is 11.5 Å². The summed E-state index contributed by atoms with van der Waals surface area (Å²) < 4.78 is 24.5. The van der Waals surface area contributed by atoms with E-state index in [1.165, 1.54) is 6.07 Å². The average Bonchev–Trinajstić information content (AvgIpc) is 2.64. The predicted octanol–water partition coefficient (Wildman–Crippen LogP) is 3.41. The monoisotopic (exact) mass is 359 g/mol. The van der Waals surface area contributed by atoms with Gasteiger partial charge in [-0.25, -0.2) is 4.39 Å². The second kappa shape index (κ2) is 9.65. The smallest absolute Gasteiger partial charge is 0.191 e. The third-order valence-corrected chi connectivity index (χ3v) is 3.87. The molecule has 140 valence electrons. The van der Waals surface area contributed by atoms with Crippen molar-refractivity contribution in [2.75, 3.05) is 20.8 Å². The number of rotatable bonds is 7. The maximum Gasteiger partial charge on any atom is 0.191 e. The molecule has 2 aromatic rings. The van der Waals surface area contributed by atoms with Gasteiger partial charge in [-0.05, 0) is 43.2 Å². The second-order valence-electron chi connectivity index (χ2n) is 5.79. The summed E-state index contributed by atoms with van der Waals surface area (Å²) in [5, 5.41) is 6.41. The molecule has 6 heteroatoms. The minimum atomic E-state index is -0.363. The highest BCUT2D eigenvalue weighted by Crippen LogP contribution is 2.20. The Hall–Kier alpha value is -2.76. The summed E-state index contributed by atoms with van der Waals surface area (Å²) in [4.78, 5) is 4.20. The van der Waals surface area contributed by atoms with Crippen molar-refractivity contribution in [3.05, 3.63) is 58.9 Å². The van der Waals surface area contributed by atoms with Gasteiger partial charge in [0.1, 0.15) is 5.75 Å². The van der Waals surface area contributed by atoms with Crippen LogP contribution in [0.5, 0.6) is 11.5 Å². The van der Waals surface area contributed by atoms with Crippen molar-refractivity contribution in [2.45, 2.75) is 26.9 Å². The number of halogens is 1. The van der Waals surface area contributed by atoms with Gasteiger partial charge in [-0.1, -0.05) is 18.2 Å². The molecule has 0 unspecified atom stereocenters. The number of aliphatic imine (C=N–C) groups is 1. The Balaban J connectivity index is 1.93. The molecule has 0 heterocycles. The predicted molar refractivity (Wildman–Crippen MR) is 102 cm³/mol. The van der Waals surface area contributed by atoms with E-state index in [0.29, 0.717) is 25.7 Å². The van der Waals surface area contributed by atoms with Crippen LogP contribution in [0, 0.1) is 12.7 Å². The Bertz CT molecular complexity index is 763. The molecule has 0 saturated carbocycles. The fourth-order valence-corrected chi connectivity index (χ4v) is 2.51. The van der Waals surface area contributed by atoms with Crippen LogP contribution >= 0.6 is 0 Å². The highest BCUT2D eigenvalue weighted by Gasteiger charge is 2.07. The van der Waals surface area contributed by atoms with Crippen molar-refractivity contribution < 1.29 is 13.9 Å². The molecule has 0 aliphatic carbocycles. The molecule has 0 radical (unpaired) electrons. The molecule has 0 bridgehead atoms. The summed E-state index contributed by atoms with van der Waals surface area (Å²) in [6.45, 7) is 5.31. The average molecular weight is 359 g/mol. The maximum absolute atomic E-state index is 13.9. The summed E-state index contributed by atoms with van der Waals surface area (Å²) in [6, 6.07) is 11.0. The molecule has 2 rings (SSSR count). The van der Waals surface area contributed by atoms with Crippen molar-refractivity contribution in [1.82, 2.24) is 10.6 Å². The van der Waals surface area contributed by atoms with Gasteiger partial charge in [-0.15, -0.1) is 0 Å².